The topological polar surface area (TPSA) is 90.1 Å². The third kappa shape index (κ3) is 5.30. The van der Waals surface area contributed by atoms with Crippen LogP contribution >= 0.6 is 0 Å². The van der Waals surface area contributed by atoms with Gasteiger partial charge >= 0.3 is 6.18 Å². The molecule has 2 aromatic carbocycles. The van der Waals surface area contributed by atoms with E-state index in [9.17, 15) is 22.4 Å². The molecule has 2 aliphatic heterocycles. The Bertz CT molecular complexity index is 1910. The van der Waals surface area contributed by atoms with Crippen LogP contribution in [0.4, 0.5) is 27.6 Å². The van der Waals surface area contributed by atoms with E-state index in [0.29, 0.717) is 29.3 Å². The number of imidazole rings is 1. The quantitative estimate of drug-likeness (QED) is 0.270. The number of piperidine rings is 1. The summed E-state index contributed by atoms with van der Waals surface area (Å²) >= 11 is 0. The maximum Gasteiger partial charge on any atom is 0.405 e. The average Bonchev–Trinajstić information content (AvgIpc) is 3.69. The normalized spacial score (nSPS) is 18.8. The predicted molar refractivity (Wildman–Crippen MR) is 159 cm³/mol. The molecule has 236 valence electrons. The van der Waals surface area contributed by atoms with Gasteiger partial charge in [0.15, 0.2) is 5.82 Å². The zero-order valence-corrected chi connectivity index (χ0v) is 24.4. The maximum atomic E-state index is 16.1. The highest BCUT2D eigenvalue weighted by molar-refractivity contribution is 5.99. The minimum absolute atomic E-state index is 0.0306. The van der Waals surface area contributed by atoms with E-state index in [1.807, 2.05) is 29.8 Å². The van der Waals surface area contributed by atoms with Gasteiger partial charge in [0.2, 0.25) is 0 Å². The zero-order valence-electron chi connectivity index (χ0n) is 24.4. The second-order valence-electron chi connectivity index (χ2n) is 11.8. The first-order valence-corrected chi connectivity index (χ1v) is 14.8. The van der Waals surface area contributed by atoms with Gasteiger partial charge in [-0.1, -0.05) is 12.1 Å². The van der Waals surface area contributed by atoms with Gasteiger partial charge in [0.1, 0.15) is 24.1 Å². The van der Waals surface area contributed by atoms with E-state index in [1.54, 1.807) is 27.6 Å². The van der Waals surface area contributed by atoms with Crippen LogP contribution in [-0.2, 0) is 19.6 Å². The summed E-state index contributed by atoms with van der Waals surface area (Å²) in [5, 5.41) is 5.07. The van der Waals surface area contributed by atoms with Crippen LogP contribution in [0.25, 0.3) is 33.5 Å². The van der Waals surface area contributed by atoms with E-state index in [-0.39, 0.29) is 55.7 Å². The summed E-state index contributed by atoms with van der Waals surface area (Å²) in [6, 6.07) is 9.19. The highest BCUT2D eigenvalue weighted by atomic mass is 19.4. The molecule has 45 heavy (non-hydrogen) atoms. The molecule has 0 saturated carbocycles. The van der Waals surface area contributed by atoms with E-state index >= 15 is 4.39 Å². The van der Waals surface area contributed by atoms with Gasteiger partial charge in [-0.3, -0.25) is 9.48 Å². The van der Waals surface area contributed by atoms with E-state index in [1.165, 1.54) is 15.9 Å². The van der Waals surface area contributed by atoms with Crippen molar-refractivity contribution < 1.29 is 26.7 Å². The molecule has 9 nitrogen and oxygen atoms in total. The minimum atomic E-state index is -4.37. The molecule has 5 aromatic rings. The Hall–Kier alpha value is -4.46. The number of fused-ring (bicyclic) bond motifs is 1. The lowest BCUT2D eigenvalue weighted by molar-refractivity contribution is -0.119. The van der Waals surface area contributed by atoms with Gasteiger partial charge in [-0.25, -0.2) is 13.8 Å². The number of aryl methyl sites for hydroxylation is 1. The fourth-order valence-electron chi connectivity index (χ4n) is 6.66. The highest BCUT2D eigenvalue weighted by Crippen LogP contribution is 2.39. The monoisotopic (exact) mass is 626 g/mol. The Labute approximate surface area is 254 Å². The lowest BCUT2D eigenvalue weighted by Crippen LogP contribution is -2.50. The number of rotatable bonds is 6. The number of aromatic nitrogens is 5. The number of halogens is 5. The summed E-state index contributed by atoms with van der Waals surface area (Å²) in [6.45, 7) is 2.14. The molecule has 14 heteroatoms. The van der Waals surface area contributed by atoms with Crippen molar-refractivity contribution in [2.75, 3.05) is 31.1 Å². The third-order valence-electron chi connectivity index (χ3n) is 8.55. The van der Waals surface area contributed by atoms with Crippen molar-refractivity contribution in [3.05, 3.63) is 65.7 Å². The van der Waals surface area contributed by atoms with Crippen molar-refractivity contribution in [1.29, 1.82) is 0 Å². The lowest BCUT2D eigenvalue weighted by atomic mass is 10.0. The zero-order chi connectivity index (χ0) is 31.6. The summed E-state index contributed by atoms with van der Waals surface area (Å²) in [5.41, 5.74) is 8.86. The van der Waals surface area contributed by atoms with Gasteiger partial charge in [-0.05, 0) is 37.6 Å². The fourth-order valence-corrected chi connectivity index (χ4v) is 6.66. The number of carbonyl (C=O) groups is 1. The number of alkyl halides is 4. The minimum Gasteiger partial charge on any atom is -0.359 e. The van der Waals surface area contributed by atoms with Gasteiger partial charge in [0.05, 0.1) is 41.7 Å². The van der Waals surface area contributed by atoms with Crippen LogP contribution < -0.4 is 10.6 Å². The van der Waals surface area contributed by atoms with E-state index < -0.39 is 36.7 Å². The number of nitrogens with zero attached hydrogens (tertiary/aromatic N) is 7. The van der Waals surface area contributed by atoms with Crippen LogP contribution in [-0.4, -0.2) is 79.3 Å². The number of benzene rings is 2. The molecular weight excluding hydrogens is 595 g/mol. The van der Waals surface area contributed by atoms with Gasteiger partial charge in [-0.15, -0.1) is 0 Å². The summed E-state index contributed by atoms with van der Waals surface area (Å²) < 4.78 is 75.9. The van der Waals surface area contributed by atoms with Crippen LogP contribution in [0.1, 0.15) is 29.3 Å². The standard InChI is InChI=1S/C31H31F5N8O/c1-2-42-13-18(12-38-42)14-44-28-23(33)8-20(30(45)41-15-21(32)11-22(37)16-41)9-24(28)39-29(44)26-10-19-4-3-5-25-27(19)43(26)7-6-40(25)17-31(34,35)36/h3-5,8-10,12-13,21-22H,2,6-7,11,14-17,37H2,1H3/t21-,22-/m1/s1. The van der Waals surface area contributed by atoms with Crippen molar-refractivity contribution in [1.82, 2.24) is 28.8 Å². The Balaban J connectivity index is 1.38. The summed E-state index contributed by atoms with van der Waals surface area (Å²) in [4.78, 5) is 20.8. The molecular formula is C31H31F5N8O. The van der Waals surface area contributed by atoms with Crippen LogP contribution in [0.2, 0.25) is 0 Å². The number of anilines is 1. The van der Waals surface area contributed by atoms with Gasteiger partial charge in [0.25, 0.3) is 5.91 Å². The largest absolute Gasteiger partial charge is 0.405 e. The number of nitrogens with two attached hydrogens (primary N) is 1. The van der Waals surface area contributed by atoms with Gasteiger partial charge < -0.3 is 24.7 Å². The molecule has 0 unspecified atom stereocenters. The van der Waals surface area contributed by atoms with Crippen LogP contribution in [0.5, 0.6) is 0 Å². The smallest absolute Gasteiger partial charge is 0.359 e. The van der Waals surface area contributed by atoms with Crippen molar-refractivity contribution in [2.45, 2.75) is 51.4 Å². The third-order valence-corrected chi connectivity index (χ3v) is 8.55. The number of amides is 1. The van der Waals surface area contributed by atoms with Gasteiger partial charge in [-0.2, -0.15) is 18.3 Å². The molecule has 2 aliphatic rings. The SMILES string of the molecule is CCn1cc(Cn2c(-c3cc4cccc5c4n3CCN5CC(F)(F)F)nc3cc(C(=O)N4C[C@H](N)C[C@@H](F)C4)cc(F)c32)cn1. The van der Waals surface area contributed by atoms with E-state index in [2.05, 4.69) is 5.10 Å². The van der Waals surface area contributed by atoms with Crippen LogP contribution in [0.15, 0.2) is 48.8 Å². The van der Waals surface area contributed by atoms with Crippen molar-refractivity contribution in [3.63, 3.8) is 0 Å². The Morgan fingerprint density at radius 3 is 2.67 bits per heavy atom. The van der Waals surface area contributed by atoms with Crippen molar-refractivity contribution in [3.8, 4) is 11.5 Å². The molecule has 0 radical (unpaired) electrons. The van der Waals surface area contributed by atoms with E-state index in [0.717, 1.165) is 17.0 Å². The Morgan fingerprint density at radius 2 is 1.93 bits per heavy atom. The first-order valence-electron chi connectivity index (χ1n) is 14.8. The molecule has 7 rings (SSSR count). The molecule has 3 aromatic heterocycles. The number of para-hydroxylation sites is 1. The second-order valence-corrected chi connectivity index (χ2v) is 11.8. The molecule has 1 amide bonds. The molecule has 1 saturated heterocycles. The molecule has 5 heterocycles. The predicted octanol–water partition coefficient (Wildman–Crippen LogP) is 4.96. The number of hydrogen-bond acceptors (Lipinski definition) is 5. The summed E-state index contributed by atoms with van der Waals surface area (Å²) in [7, 11) is 0. The molecule has 2 N–H and O–H groups in total. The Kier molecular flexibility index (Phi) is 7.06. The molecule has 0 aliphatic carbocycles. The lowest BCUT2D eigenvalue weighted by Gasteiger charge is -2.33. The fraction of sp³-hybridized carbons (Fsp3) is 0.387. The molecule has 2 atom stereocenters. The number of likely N-dealkylation sites (tertiary alicyclic amines) is 1. The first kappa shape index (κ1) is 29.3. The second kappa shape index (κ2) is 10.9. The number of carbonyl (C=O) groups excluding carboxylic acids is 1. The molecule has 0 bridgehead atoms. The number of hydrogen-bond donors (Lipinski definition) is 1. The van der Waals surface area contributed by atoms with Crippen molar-refractivity contribution in [2.24, 2.45) is 5.73 Å². The summed E-state index contributed by atoms with van der Waals surface area (Å²) in [5.74, 6) is -0.817. The molecule has 1 fully saturated rings. The average molecular weight is 627 g/mol. The van der Waals surface area contributed by atoms with E-state index in [4.69, 9.17) is 10.7 Å². The maximum absolute atomic E-state index is 16.1. The van der Waals surface area contributed by atoms with Crippen molar-refractivity contribution >= 4 is 33.5 Å². The van der Waals surface area contributed by atoms with Crippen LogP contribution in [0, 0.1) is 5.82 Å². The first-order chi connectivity index (χ1) is 21.5. The highest BCUT2D eigenvalue weighted by Gasteiger charge is 2.35. The summed E-state index contributed by atoms with van der Waals surface area (Å²) in [6.07, 6.45) is -1.94. The Morgan fingerprint density at radius 1 is 1.11 bits per heavy atom. The molecule has 0 spiro atoms. The van der Waals surface area contributed by atoms with Crippen LogP contribution in [0.3, 0.4) is 0 Å². The van der Waals surface area contributed by atoms with Gasteiger partial charge in [0, 0.05) is 54.9 Å².